The van der Waals surface area contributed by atoms with Gasteiger partial charge in [-0.1, -0.05) is 6.07 Å². The molecule has 1 saturated heterocycles. The van der Waals surface area contributed by atoms with E-state index in [1.165, 1.54) is 0 Å². The zero-order valence-corrected chi connectivity index (χ0v) is 16.8. The van der Waals surface area contributed by atoms with Gasteiger partial charge in [-0.3, -0.25) is 4.79 Å². The van der Waals surface area contributed by atoms with Crippen molar-refractivity contribution in [1.29, 1.82) is 0 Å². The van der Waals surface area contributed by atoms with Crippen molar-refractivity contribution < 1.29 is 31.5 Å². The van der Waals surface area contributed by atoms with Crippen molar-refractivity contribution >= 4 is 15.9 Å². The van der Waals surface area contributed by atoms with Gasteiger partial charge in [-0.25, -0.2) is 17.2 Å². The van der Waals surface area contributed by atoms with Gasteiger partial charge >= 0.3 is 0 Å². The number of nitrogens with one attached hydrogen (secondary N) is 1. The Labute approximate surface area is 172 Å². The van der Waals surface area contributed by atoms with Gasteiger partial charge in [0, 0.05) is 25.6 Å². The number of hydrogen-bond acceptors (Lipinski definition) is 5. The lowest BCUT2D eigenvalue weighted by molar-refractivity contribution is -0.126. The highest BCUT2D eigenvalue weighted by molar-refractivity contribution is 7.89. The summed E-state index contributed by atoms with van der Waals surface area (Å²) in [6, 6.07) is 7.74. The van der Waals surface area contributed by atoms with Crippen LogP contribution < -0.4 is 14.8 Å². The van der Waals surface area contributed by atoms with E-state index in [0.717, 1.165) is 22.0 Å². The molecule has 0 bridgehead atoms. The largest absolute Gasteiger partial charge is 0.454 e. The molecule has 1 N–H and O–H groups in total. The van der Waals surface area contributed by atoms with Gasteiger partial charge in [-0.15, -0.1) is 0 Å². The fraction of sp³-hybridized carbons (Fsp3) is 0.350. The standard InChI is InChI=1S/C20H20F2N2O5S/c21-15-2-3-16(22)19(10-15)30(26,27)24-7-5-14(6-8-24)20(25)23-11-13-1-4-17-18(9-13)29-12-28-17/h1-4,9-10,14H,5-8,11-12H2,(H,23,25). The van der Waals surface area contributed by atoms with E-state index in [-0.39, 0.29) is 31.7 Å². The van der Waals surface area contributed by atoms with E-state index >= 15 is 0 Å². The molecule has 2 aromatic carbocycles. The lowest BCUT2D eigenvalue weighted by Crippen LogP contribution is -2.43. The van der Waals surface area contributed by atoms with Crippen LogP contribution in [0.25, 0.3) is 0 Å². The number of amides is 1. The van der Waals surface area contributed by atoms with Crippen LogP contribution in [0.1, 0.15) is 18.4 Å². The molecule has 10 heteroatoms. The van der Waals surface area contributed by atoms with Gasteiger partial charge in [0.25, 0.3) is 0 Å². The number of hydrogen-bond donors (Lipinski definition) is 1. The van der Waals surface area contributed by atoms with E-state index in [2.05, 4.69) is 5.32 Å². The van der Waals surface area contributed by atoms with Crippen molar-refractivity contribution in [1.82, 2.24) is 9.62 Å². The molecule has 0 saturated carbocycles. The Morgan fingerprint density at radius 2 is 1.80 bits per heavy atom. The second-order valence-electron chi connectivity index (χ2n) is 7.16. The number of rotatable bonds is 5. The SMILES string of the molecule is O=C(NCc1ccc2c(c1)OCO2)C1CCN(S(=O)(=O)c2cc(F)ccc2F)CC1. The normalized spacial score (nSPS) is 17.1. The minimum atomic E-state index is -4.16. The summed E-state index contributed by atoms with van der Waals surface area (Å²) < 4.78 is 64.2. The number of carbonyl (C=O) groups is 1. The van der Waals surface area contributed by atoms with Crippen LogP contribution in [0.15, 0.2) is 41.3 Å². The molecule has 4 rings (SSSR count). The van der Waals surface area contributed by atoms with Crippen molar-refractivity contribution in [2.75, 3.05) is 19.9 Å². The lowest BCUT2D eigenvalue weighted by Gasteiger charge is -2.30. The van der Waals surface area contributed by atoms with E-state index < -0.39 is 26.6 Å². The van der Waals surface area contributed by atoms with Crippen LogP contribution in [0.3, 0.4) is 0 Å². The van der Waals surface area contributed by atoms with Gasteiger partial charge in [-0.2, -0.15) is 4.31 Å². The van der Waals surface area contributed by atoms with Gasteiger partial charge in [0.2, 0.25) is 22.7 Å². The third kappa shape index (κ3) is 4.10. The molecule has 1 amide bonds. The molecule has 0 aliphatic carbocycles. The summed E-state index contributed by atoms with van der Waals surface area (Å²) in [7, 11) is -4.16. The number of fused-ring (bicyclic) bond motifs is 1. The summed E-state index contributed by atoms with van der Waals surface area (Å²) in [6.07, 6.45) is 0.590. The first-order chi connectivity index (χ1) is 14.3. The maximum atomic E-state index is 13.9. The average molecular weight is 438 g/mol. The van der Waals surface area contributed by atoms with Gasteiger partial charge in [0.1, 0.15) is 16.5 Å². The molecular formula is C20H20F2N2O5S. The minimum absolute atomic E-state index is 0.0559. The zero-order valence-electron chi connectivity index (χ0n) is 15.9. The van der Waals surface area contributed by atoms with E-state index in [0.29, 0.717) is 37.0 Å². The van der Waals surface area contributed by atoms with Crippen molar-refractivity contribution in [3.63, 3.8) is 0 Å². The molecule has 30 heavy (non-hydrogen) atoms. The van der Waals surface area contributed by atoms with Crippen molar-refractivity contribution in [2.45, 2.75) is 24.3 Å². The Balaban J connectivity index is 1.33. The molecule has 0 spiro atoms. The Kier molecular flexibility index (Phi) is 5.61. The van der Waals surface area contributed by atoms with Gasteiger partial charge in [0.05, 0.1) is 0 Å². The topological polar surface area (TPSA) is 84.9 Å². The quantitative estimate of drug-likeness (QED) is 0.775. The molecule has 2 aliphatic rings. The van der Waals surface area contributed by atoms with Crippen LogP contribution in [0, 0.1) is 17.6 Å². The molecule has 0 radical (unpaired) electrons. The van der Waals surface area contributed by atoms with Crippen LogP contribution in [-0.4, -0.2) is 38.5 Å². The Bertz CT molecular complexity index is 1070. The summed E-state index contributed by atoms with van der Waals surface area (Å²) in [5.41, 5.74) is 0.856. The first-order valence-corrected chi connectivity index (χ1v) is 10.9. The molecule has 0 aromatic heterocycles. The van der Waals surface area contributed by atoms with Gasteiger partial charge in [-0.05, 0) is 48.7 Å². The summed E-state index contributed by atoms with van der Waals surface area (Å²) in [6.45, 7) is 0.593. The first kappa shape index (κ1) is 20.5. The first-order valence-electron chi connectivity index (χ1n) is 9.46. The molecule has 0 unspecified atom stereocenters. The molecule has 2 heterocycles. The molecule has 0 atom stereocenters. The number of benzene rings is 2. The third-order valence-corrected chi connectivity index (χ3v) is 7.15. The Morgan fingerprint density at radius 1 is 1.07 bits per heavy atom. The number of halogens is 2. The fourth-order valence-electron chi connectivity index (χ4n) is 3.56. The predicted octanol–water partition coefficient (Wildman–Crippen LogP) is 2.41. The lowest BCUT2D eigenvalue weighted by atomic mass is 9.97. The molecule has 2 aliphatic heterocycles. The Hall–Kier alpha value is -2.72. The van der Waals surface area contributed by atoms with E-state index in [9.17, 15) is 22.0 Å². The highest BCUT2D eigenvalue weighted by atomic mass is 32.2. The van der Waals surface area contributed by atoms with Crippen molar-refractivity contribution in [2.24, 2.45) is 5.92 Å². The second-order valence-corrected chi connectivity index (χ2v) is 9.06. The number of sulfonamides is 1. The number of piperidine rings is 1. The number of carbonyl (C=O) groups excluding carboxylic acids is 1. The maximum Gasteiger partial charge on any atom is 0.246 e. The van der Waals surface area contributed by atoms with Crippen LogP contribution >= 0.6 is 0 Å². The van der Waals surface area contributed by atoms with Crippen LogP contribution in [0.2, 0.25) is 0 Å². The maximum absolute atomic E-state index is 13.9. The monoisotopic (exact) mass is 438 g/mol. The van der Waals surface area contributed by atoms with Crippen LogP contribution in [0.5, 0.6) is 11.5 Å². The molecular weight excluding hydrogens is 418 g/mol. The summed E-state index contributed by atoms with van der Waals surface area (Å²) >= 11 is 0. The Morgan fingerprint density at radius 3 is 2.57 bits per heavy atom. The highest BCUT2D eigenvalue weighted by Gasteiger charge is 2.33. The van der Waals surface area contributed by atoms with Crippen molar-refractivity contribution in [3.05, 3.63) is 53.6 Å². The smallest absolute Gasteiger partial charge is 0.246 e. The molecule has 160 valence electrons. The van der Waals surface area contributed by atoms with Crippen molar-refractivity contribution in [3.8, 4) is 11.5 Å². The summed E-state index contributed by atoms with van der Waals surface area (Å²) in [5, 5.41) is 2.85. The zero-order chi connectivity index (χ0) is 21.3. The second kappa shape index (κ2) is 8.19. The molecule has 1 fully saturated rings. The van der Waals surface area contributed by atoms with Gasteiger partial charge in [0.15, 0.2) is 11.5 Å². The third-order valence-electron chi connectivity index (χ3n) is 5.24. The molecule has 7 nitrogen and oxygen atoms in total. The predicted molar refractivity (Wildman–Crippen MR) is 102 cm³/mol. The summed E-state index contributed by atoms with van der Waals surface area (Å²) in [5.74, 6) is -1.07. The number of ether oxygens (including phenoxy) is 2. The minimum Gasteiger partial charge on any atom is -0.454 e. The fourth-order valence-corrected chi connectivity index (χ4v) is 5.10. The van der Waals surface area contributed by atoms with Crippen LogP contribution in [-0.2, 0) is 21.4 Å². The summed E-state index contributed by atoms with van der Waals surface area (Å²) in [4.78, 5) is 11.8. The number of nitrogens with zero attached hydrogens (tertiary/aromatic N) is 1. The highest BCUT2D eigenvalue weighted by Crippen LogP contribution is 2.32. The molecule has 2 aromatic rings. The van der Waals surface area contributed by atoms with Crippen LogP contribution in [0.4, 0.5) is 8.78 Å². The van der Waals surface area contributed by atoms with Gasteiger partial charge < -0.3 is 14.8 Å². The van der Waals surface area contributed by atoms with E-state index in [4.69, 9.17) is 9.47 Å². The van der Waals surface area contributed by atoms with E-state index in [1.807, 2.05) is 6.07 Å². The average Bonchev–Trinajstić information content (AvgIpc) is 3.21. The van der Waals surface area contributed by atoms with E-state index in [1.54, 1.807) is 12.1 Å².